The van der Waals surface area contributed by atoms with Gasteiger partial charge in [0.15, 0.2) is 0 Å². The molecule has 2 heterocycles. The largest absolute Gasteiger partial charge is 0.423 e. The summed E-state index contributed by atoms with van der Waals surface area (Å²) in [4.78, 5) is 16.1. The molecule has 1 aromatic carbocycles. The molecule has 0 spiro atoms. The fraction of sp³-hybridized carbons (Fsp3) is 0.263. The Kier molecular flexibility index (Phi) is 5.92. The van der Waals surface area contributed by atoms with Crippen LogP contribution in [0.15, 0.2) is 53.5 Å². The fourth-order valence-electron chi connectivity index (χ4n) is 2.46. The van der Waals surface area contributed by atoms with Gasteiger partial charge < -0.3 is 14.5 Å². The predicted octanol–water partition coefficient (Wildman–Crippen LogP) is 4.08. The van der Waals surface area contributed by atoms with Crippen LogP contribution in [0, 0.1) is 0 Å². The van der Waals surface area contributed by atoms with E-state index in [0.29, 0.717) is 18.2 Å². The Labute approximate surface area is 151 Å². The van der Waals surface area contributed by atoms with Crippen LogP contribution in [-0.4, -0.2) is 27.8 Å². The Bertz CT molecular complexity index is 850. The first-order chi connectivity index (χ1) is 12.8. The van der Waals surface area contributed by atoms with Crippen molar-refractivity contribution in [3.8, 4) is 28.3 Å². The molecule has 2 aromatic heterocycles. The number of carbonyl (C=O) groups is 1. The molecule has 134 valence electrons. The maximum atomic E-state index is 11.9. The second kappa shape index (κ2) is 8.75. The summed E-state index contributed by atoms with van der Waals surface area (Å²) in [5.74, 6) is 0.872. The summed E-state index contributed by atoms with van der Waals surface area (Å²) in [5.41, 5.74) is 2.45. The van der Waals surface area contributed by atoms with E-state index in [9.17, 15) is 4.79 Å². The summed E-state index contributed by atoms with van der Waals surface area (Å²) in [6.07, 6.45) is 7.34. The van der Waals surface area contributed by atoms with Gasteiger partial charge in [0, 0.05) is 24.5 Å². The molecule has 3 rings (SSSR count). The summed E-state index contributed by atoms with van der Waals surface area (Å²) in [6.45, 7) is 2.73. The van der Waals surface area contributed by atoms with Gasteiger partial charge in [0.25, 0.3) is 0 Å². The first kappa shape index (κ1) is 17.6. The van der Waals surface area contributed by atoms with E-state index in [1.807, 2.05) is 18.2 Å². The molecule has 7 heteroatoms. The highest BCUT2D eigenvalue weighted by molar-refractivity contribution is 5.73. The van der Waals surface area contributed by atoms with Crippen molar-refractivity contribution < 1.29 is 13.9 Å². The van der Waals surface area contributed by atoms with E-state index < -0.39 is 6.09 Å². The number of rotatable bonds is 7. The van der Waals surface area contributed by atoms with Gasteiger partial charge in [-0.3, -0.25) is 4.98 Å². The normalized spacial score (nSPS) is 10.5. The van der Waals surface area contributed by atoms with Gasteiger partial charge >= 0.3 is 6.09 Å². The standard InChI is InChI=1S/C19H20N4O3/c1-2-3-4-8-21-19(24)26-17-7-5-6-14(10-17)15-9-16(12-20-11-15)18-23-22-13-25-18/h5-7,9-13H,2-4,8H2,1H3,(H,21,24). The van der Waals surface area contributed by atoms with Crippen molar-refractivity contribution in [1.82, 2.24) is 20.5 Å². The molecule has 0 unspecified atom stereocenters. The number of pyridine rings is 1. The van der Waals surface area contributed by atoms with E-state index in [-0.39, 0.29) is 0 Å². The Morgan fingerprint density at radius 2 is 2.04 bits per heavy atom. The molecule has 0 radical (unpaired) electrons. The van der Waals surface area contributed by atoms with Gasteiger partial charge in [-0.15, -0.1) is 10.2 Å². The van der Waals surface area contributed by atoms with Crippen LogP contribution >= 0.6 is 0 Å². The molecule has 0 aliphatic rings. The number of carbonyl (C=O) groups excluding carboxylic acids is 1. The van der Waals surface area contributed by atoms with E-state index in [2.05, 4.69) is 27.4 Å². The van der Waals surface area contributed by atoms with E-state index in [4.69, 9.17) is 9.15 Å². The molecule has 7 nitrogen and oxygen atoms in total. The van der Waals surface area contributed by atoms with Crippen molar-refractivity contribution in [2.75, 3.05) is 6.54 Å². The summed E-state index contributed by atoms with van der Waals surface area (Å²) in [5, 5.41) is 10.3. The third-order valence-electron chi connectivity index (χ3n) is 3.77. The minimum absolute atomic E-state index is 0.401. The molecule has 0 atom stereocenters. The van der Waals surface area contributed by atoms with Gasteiger partial charge in [-0.1, -0.05) is 31.9 Å². The maximum absolute atomic E-state index is 11.9. The Morgan fingerprint density at radius 3 is 2.85 bits per heavy atom. The van der Waals surface area contributed by atoms with E-state index in [1.54, 1.807) is 24.5 Å². The molecular formula is C19H20N4O3. The number of benzene rings is 1. The molecule has 3 aromatic rings. The maximum Gasteiger partial charge on any atom is 0.412 e. The quantitative estimate of drug-likeness (QED) is 0.644. The number of unbranched alkanes of at least 4 members (excludes halogenated alkanes) is 2. The number of nitrogens with zero attached hydrogens (tertiary/aromatic N) is 3. The summed E-state index contributed by atoms with van der Waals surface area (Å²) in [6, 6.07) is 9.17. The number of hydrogen-bond donors (Lipinski definition) is 1. The zero-order chi connectivity index (χ0) is 18.2. The summed E-state index contributed by atoms with van der Waals surface area (Å²) < 4.78 is 10.5. The van der Waals surface area contributed by atoms with Crippen molar-refractivity contribution in [3.05, 3.63) is 49.1 Å². The third-order valence-corrected chi connectivity index (χ3v) is 3.77. The molecule has 1 amide bonds. The number of ether oxygens (including phenoxy) is 1. The second-order valence-electron chi connectivity index (χ2n) is 5.76. The van der Waals surface area contributed by atoms with Gasteiger partial charge in [-0.25, -0.2) is 4.79 Å². The van der Waals surface area contributed by atoms with Crippen LogP contribution in [0.2, 0.25) is 0 Å². The highest BCUT2D eigenvalue weighted by Gasteiger charge is 2.09. The molecule has 0 aliphatic heterocycles. The Morgan fingerprint density at radius 1 is 1.15 bits per heavy atom. The molecule has 26 heavy (non-hydrogen) atoms. The molecule has 0 saturated carbocycles. The molecular weight excluding hydrogens is 332 g/mol. The minimum Gasteiger partial charge on any atom is -0.423 e. The van der Waals surface area contributed by atoms with Crippen molar-refractivity contribution in [2.45, 2.75) is 26.2 Å². The van der Waals surface area contributed by atoms with Gasteiger partial charge in [0.2, 0.25) is 12.3 Å². The third kappa shape index (κ3) is 4.66. The predicted molar refractivity (Wildman–Crippen MR) is 96.5 cm³/mol. The van der Waals surface area contributed by atoms with Gasteiger partial charge in [-0.2, -0.15) is 0 Å². The number of amides is 1. The zero-order valence-corrected chi connectivity index (χ0v) is 14.5. The molecule has 0 saturated heterocycles. The molecule has 0 bridgehead atoms. The average molecular weight is 352 g/mol. The van der Waals surface area contributed by atoms with Crippen molar-refractivity contribution in [1.29, 1.82) is 0 Å². The number of nitrogens with one attached hydrogen (secondary N) is 1. The Balaban J connectivity index is 1.69. The van der Waals surface area contributed by atoms with Gasteiger partial charge in [0.05, 0.1) is 5.56 Å². The van der Waals surface area contributed by atoms with Crippen molar-refractivity contribution >= 4 is 6.09 Å². The lowest BCUT2D eigenvalue weighted by atomic mass is 10.1. The van der Waals surface area contributed by atoms with Crippen LogP contribution in [0.5, 0.6) is 5.75 Å². The minimum atomic E-state index is -0.448. The average Bonchev–Trinajstić information content (AvgIpc) is 3.20. The lowest BCUT2D eigenvalue weighted by Crippen LogP contribution is -2.27. The number of aromatic nitrogens is 3. The smallest absolute Gasteiger partial charge is 0.412 e. The number of hydrogen-bond acceptors (Lipinski definition) is 6. The Hall–Kier alpha value is -3.22. The first-order valence-corrected chi connectivity index (χ1v) is 8.54. The van der Waals surface area contributed by atoms with Crippen LogP contribution in [0.3, 0.4) is 0 Å². The van der Waals surface area contributed by atoms with Gasteiger partial charge in [0.1, 0.15) is 5.75 Å². The van der Waals surface area contributed by atoms with Crippen LogP contribution in [-0.2, 0) is 0 Å². The van der Waals surface area contributed by atoms with Gasteiger partial charge in [-0.05, 0) is 30.2 Å². The molecule has 0 aliphatic carbocycles. The first-order valence-electron chi connectivity index (χ1n) is 8.54. The summed E-state index contributed by atoms with van der Waals surface area (Å²) >= 11 is 0. The van der Waals surface area contributed by atoms with Crippen LogP contribution in [0.4, 0.5) is 4.79 Å². The topological polar surface area (TPSA) is 90.1 Å². The van der Waals surface area contributed by atoms with Crippen LogP contribution in [0.1, 0.15) is 26.2 Å². The summed E-state index contributed by atoms with van der Waals surface area (Å²) in [7, 11) is 0. The van der Waals surface area contributed by atoms with Crippen molar-refractivity contribution in [2.24, 2.45) is 0 Å². The molecule has 0 fully saturated rings. The van der Waals surface area contributed by atoms with Crippen LogP contribution in [0.25, 0.3) is 22.6 Å². The molecule has 1 N–H and O–H groups in total. The van der Waals surface area contributed by atoms with E-state index >= 15 is 0 Å². The zero-order valence-electron chi connectivity index (χ0n) is 14.5. The lowest BCUT2D eigenvalue weighted by molar-refractivity contribution is 0.200. The SMILES string of the molecule is CCCCCNC(=O)Oc1cccc(-c2cncc(-c3nnco3)c2)c1. The van der Waals surface area contributed by atoms with Crippen molar-refractivity contribution in [3.63, 3.8) is 0 Å². The lowest BCUT2D eigenvalue weighted by Gasteiger charge is -2.08. The highest BCUT2D eigenvalue weighted by Crippen LogP contribution is 2.26. The second-order valence-corrected chi connectivity index (χ2v) is 5.76. The van der Waals surface area contributed by atoms with Crippen LogP contribution < -0.4 is 10.1 Å². The van der Waals surface area contributed by atoms with E-state index in [0.717, 1.165) is 36.0 Å². The fourth-order valence-corrected chi connectivity index (χ4v) is 2.46. The monoisotopic (exact) mass is 352 g/mol. The highest BCUT2D eigenvalue weighted by atomic mass is 16.6. The van der Waals surface area contributed by atoms with E-state index in [1.165, 1.54) is 6.39 Å².